The number of aromatic nitrogens is 2. The molecule has 0 bridgehead atoms. The maximum Gasteiger partial charge on any atom is 0.308 e. The van der Waals surface area contributed by atoms with Gasteiger partial charge in [-0.05, 0) is 37.0 Å². The van der Waals surface area contributed by atoms with Crippen LogP contribution in [0.1, 0.15) is 36.2 Å². The Balaban J connectivity index is 2.99. The number of ether oxygens (including phenoxy) is 1. The topological polar surface area (TPSA) is 85.0 Å². The maximum absolute atomic E-state index is 12.7. The molecule has 0 atom stereocenters. The van der Waals surface area contributed by atoms with Gasteiger partial charge >= 0.3 is 5.97 Å². The van der Waals surface area contributed by atoms with Gasteiger partial charge in [-0.15, -0.1) is 0 Å². The summed E-state index contributed by atoms with van der Waals surface area (Å²) < 4.78 is 6.30. The Hall–Kier alpha value is -2.94. The highest BCUT2D eigenvalue weighted by Crippen LogP contribution is 2.34. The fourth-order valence-corrected chi connectivity index (χ4v) is 2.85. The Labute approximate surface area is 140 Å². The van der Waals surface area contributed by atoms with E-state index < -0.39 is 11.5 Å². The lowest BCUT2D eigenvalue weighted by Crippen LogP contribution is -2.25. The second-order valence-electron chi connectivity index (χ2n) is 5.66. The number of hydrogen-bond donors (Lipinski definition) is 0. The van der Waals surface area contributed by atoms with Gasteiger partial charge in [-0.25, -0.2) is 4.68 Å². The van der Waals surface area contributed by atoms with Gasteiger partial charge in [0, 0.05) is 14.0 Å². The second kappa shape index (κ2) is 6.67. The van der Waals surface area contributed by atoms with Gasteiger partial charge in [-0.1, -0.05) is 24.6 Å². The predicted molar refractivity (Wildman–Crippen MR) is 89.8 cm³/mol. The van der Waals surface area contributed by atoms with Crippen molar-refractivity contribution in [1.29, 1.82) is 5.26 Å². The number of rotatable bonds is 3. The van der Waals surface area contributed by atoms with E-state index in [0.717, 1.165) is 21.4 Å². The molecule has 0 aliphatic carbocycles. The third-order valence-electron chi connectivity index (χ3n) is 3.74. The molecule has 0 unspecified atom stereocenters. The Bertz CT molecular complexity index is 921. The van der Waals surface area contributed by atoms with E-state index in [4.69, 9.17) is 4.74 Å². The van der Waals surface area contributed by atoms with Crippen molar-refractivity contribution < 1.29 is 9.53 Å². The minimum Gasteiger partial charge on any atom is -0.423 e. The third-order valence-corrected chi connectivity index (χ3v) is 3.74. The largest absolute Gasteiger partial charge is 0.423 e. The molecule has 1 aromatic carbocycles. The van der Waals surface area contributed by atoms with Crippen molar-refractivity contribution in [3.63, 3.8) is 0 Å². The van der Waals surface area contributed by atoms with E-state index in [1.54, 1.807) is 0 Å². The molecule has 0 N–H and O–H groups in total. The molecule has 1 heterocycles. The Morgan fingerprint density at radius 2 is 2.00 bits per heavy atom. The molecule has 124 valence electrons. The van der Waals surface area contributed by atoms with Gasteiger partial charge < -0.3 is 4.74 Å². The molecule has 0 radical (unpaired) electrons. The van der Waals surface area contributed by atoms with Crippen LogP contribution in [0.5, 0.6) is 5.75 Å². The summed E-state index contributed by atoms with van der Waals surface area (Å²) in [6.07, 6.45) is 0.699. The summed E-state index contributed by atoms with van der Waals surface area (Å²) >= 11 is 0. The average Bonchev–Trinajstić information content (AvgIpc) is 2.51. The minimum absolute atomic E-state index is 0.0743. The summed E-state index contributed by atoms with van der Waals surface area (Å²) in [5.41, 5.74) is 3.30. The highest BCUT2D eigenvalue weighted by Gasteiger charge is 2.24. The highest BCUT2D eigenvalue weighted by molar-refractivity contribution is 5.81. The molecule has 0 spiro atoms. The van der Waals surface area contributed by atoms with Crippen molar-refractivity contribution in [2.45, 2.75) is 34.1 Å². The van der Waals surface area contributed by atoms with Gasteiger partial charge in [-0.2, -0.15) is 10.4 Å². The number of aryl methyl sites for hydroxylation is 4. The second-order valence-corrected chi connectivity index (χ2v) is 5.66. The van der Waals surface area contributed by atoms with Gasteiger partial charge in [-0.3, -0.25) is 9.59 Å². The molecule has 0 aliphatic rings. The van der Waals surface area contributed by atoms with Crippen molar-refractivity contribution in [2.75, 3.05) is 0 Å². The molecular formula is C18H19N3O3. The van der Waals surface area contributed by atoms with E-state index in [0.29, 0.717) is 12.0 Å². The van der Waals surface area contributed by atoms with Crippen LogP contribution in [0.25, 0.3) is 11.1 Å². The standard InChI is InChI=1S/C18H19N3O3/c1-6-13-8-10(2)7-11(3)15(13)16-17(24-12(4)22)14(9-19)20-21(5)18(16)23/h7-8H,6H2,1-5H3. The van der Waals surface area contributed by atoms with E-state index in [1.165, 1.54) is 14.0 Å². The average molecular weight is 325 g/mol. The van der Waals surface area contributed by atoms with E-state index in [1.807, 2.05) is 39.0 Å². The number of esters is 1. The van der Waals surface area contributed by atoms with Crippen LogP contribution in [0.2, 0.25) is 0 Å². The molecule has 2 rings (SSSR count). The predicted octanol–water partition coefficient (Wildman–Crippen LogP) is 2.42. The summed E-state index contributed by atoms with van der Waals surface area (Å²) in [6.45, 7) is 7.09. The van der Waals surface area contributed by atoms with Crippen LogP contribution in [0.3, 0.4) is 0 Å². The van der Waals surface area contributed by atoms with Crippen molar-refractivity contribution in [2.24, 2.45) is 7.05 Å². The summed E-state index contributed by atoms with van der Waals surface area (Å²) in [5.74, 6) is -0.680. The first-order chi connectivity index (χ1) is 11.3. The van der Waals surface area contributed by atoms with Crippen LogP contribution in [0.4, 0.5) is 0 Å². The zero-order chi connectivity index (χ0) is 18.0. The van der Waals surface area contributed by atoms with Crippen LogP contribution in [-0.4, -0.2) is 15.7 Å². The van der Waals surface area contributed by atoms with E-state index in [2.05, 4.69) is 5.10 Å². The normalized spacial score (nSPS) is 10.3. The Morgan fingerprint density at radius 1 is 1.33 bits per heavy atom. The number of carbonyl (C=O) groups is 1. The number of benzene rings is 1. The maximum atomic E-state index is 12.7. The summed E-state index contributed by atoms with van der Waals surface area (Å²) in [6, 6.07) is 5.85. The molecule has 6 heteroatoms. The molecule has 2 aromatic rings. The molecule has 0 saturated heterocycles. The molecule has 0 fully saturated rings. The first-order valence-corrected chi connectivity index (χ1v) is 7.60. The fraction of sp³-hybridized carbons (Fsp3) is 0.333. The van der Waals surface area contributed by atoms with Crippen molar-refractivity contribution >= 4 is 5.97 Å². The van der Waals surface area contributed by atoms with Gasteiger partial charge in [0.25, 0.3) is 5.56 Å². The number of hydrogen-bond acceptors (Lipinski definition) is 5. The van der Waals surface area contributed by atoms with E-state index >= 15 is 0 Å². The molecule has 1 aromatic heterocycles. The van der Waals surface area contributed by atoms with Gasteiger partial charge in [0.1, 0.15) is 6.07 Å². The molecule has 0 amide bonds. The first-order valence-electron chi connectivity index (χ1n) is 7.60. The van der Waals surface area contributed by atoms with Gasteiger partial charge in [0.05, 0.1) is 5.56 Å². The lowest BCUT2D eigenvalue weighted by molar-refractivity contribution is -0.131. The van der Waals surface area contributed by atoms with Crippen molar-refractivity contribution in [1.82, 2.24) is 9.78 Å². The summed E-state index contributed by atoms with van der Waals surface area (Å²) in [4.78, 5) is 24.2. The van der Waals surface area contributed by atoms with Gasteiger partial charge in [0.15, 0.2) is 5.75 Å². The van der Waals surface area contributed by atoms with Crippen LogP contribution in [0.15, 0.2) is 16.9 Å². The van der Waals surface area contributed by atoms with Crippen molar-refractivity contribution in [3.05, 3.63) is 44.9 Å². The van der Waals surface area contributed by atoms with Crippen LogP contribution in [0, 0.1) is 25.2 Å². The molecular weight excluding hydrogens is 306 g/mol. The quantitative estimate of drug-likeness (QED) is 0.809. The molecule has 0 aliphatic heterocycles. The SMILES string of the molecule is CCc1cc(C)cc(C)c1-c1c(OC(C)=O)c(C#N)nn(C)c1=O. The smallest absolute Gasteiger partial charge is 0.308 e. The third kappa shape index (κ3) is 3.06. The summed E-state index contributed by atoms with van der Waals surface area (Å²) in [7, 11) is 1.47. The molecule has 0 saturated carbocycles. The Kier molecular flexibility index (Phi) is 4.84. The van der Waals surface area contributed by atoms with Crippen LogP contribution >= 0.6 is 0 Å². The highest BCUT2D eigenvalue weighted by atomic mass is 16.5. The number of nitriles is 1. The van der Waals surface area contributed by atoms with E-state index in [-0.39, 0.29) is 17.0 Å². The minimum atomic E-state index is -0.606. The summed E-state index contributed by atoms with van der Waals surface area (Å²) in [5, 5.41) is 13.2. The number of nitrogens with zero attached hydrogens (tertiary/aromatic N) is 3. The monoisotopic (exact) mass is 325 g/mol. The van der Waals surface area contributed by atoms with Crippen LogP contribution < -0.4 is 10.3 Å². The lowest BCUT2D eigenvalue weighted by Gasteiger charge is -2.17. The van der Waals surface area contributed by atoms with Gasteiger partial charge in [0.2, 0.25) is 5.69 Å². The Morgan fingerprint density at radius 3 is 2.54 bits per heavy atom. The van der Waals surface area contributed by atoms with Crippen LogP contribution in [-0.2, 0) is 18.3 Å². The zero-order valence-electron chi connectivity index (χ0n) is 14.4. The molecule has 6 nitrogen and oxygen atoms in total. The lowest BCUT2D eigenvalue weighted by atomic mass is 9.92. The zero-order valence-corrected chi connectivity index (χ0v) is 14.4. The van der Waals surface area contributed by atoms with E-state index in [9.17, 15) is 14.9 Å². The first kappa shape index (κ1) is 17.4. The van der Waals surface area contributed by atoms with Crippen molar-refractivity contribution in [3.8, 4) is 22.9 Å². The fourth-order valence-electron chi connectivity index (χ4n) is 2.85. The molecule has 24 heavy (non-hydrogen) atoms. The number of carbonyl (C=O) groups excluding carboxylic acids is 1.